The second-order valence-electron chi connectivity index (χ2n) is 8.93. The molecule has 3 N–H and O–H groups in total. The second-order valence-corrected chi connectivity index (χ2v) is 8.93. The molecule has 1 aromatic heterocycles. The average Bonchev–Trinajstić information content (AvgIpc) is 3.20. The summed E-state index contributed by atoms with van der Waals surface area (Å²) in [6.45, 7) is 3.84. The fourth-order valence-electron chi connectivity index (χ4n) is 5.61. The molecule has 0 bridgehead atoms. The summed E-state index contributed by atoms with van der Waals surface area (Å²) >= 11 is 0. The number of aliphatic hydroxyl groups is 1. The summed E-state index contributed by atoms with van der Waals surface area (Å²) in [6.07, 6.45) is 3.54. The van der Waals surface area contributed by atoms with Crippen LogP contribution in [-0.4, -0.2) is 67.5 Å². The van der Waals surface area contributed by atoms with Crippen molar-refractivity contribution >= 4 is 16.8 Å². The number of benzene rings is 1. The van der Waals surface area contributed by atoms with Crippen LogP contribution in [0.3, 0.4) is 0 Å². The van der Waals surface area contributed by atoms with Crippen LogP contribution in [0.4, 0.5) is 0 Å². The molecule has 2 saturated heterocycles. The van der Waals surface area contributed by atoms with Crippen LogP contribution in [0, 0.1) is 5.92 Å². The van der Waals surface area contributed by atoms with E-state index in [9.17, 15) is 9.90 Å². The number of amides is 1. The maximum absolute atomic E-state index is 13.0. The molecule has 3 aliphatic rings. The Morgan fingerprint density at radius 3 is 2.77 bits per heavy atom. The van der Waals surface area contributed by atoms with E-state index in [4.69, 9.17) is 9.47 Å². The van der Waals surface area contributed by atoms with Crippen molar-refractivity contribution in [2.24, 2.45) is 5.92 Å². The van der Waals surface area contributed by atoms with Gasteiger partial charge in [-0.25, -0.2) is 0 Å². The molecule has 0 radical (unpaired) electrons. The Labute approximate surface area is 176 Å². The summed E-state index contributed by atoms with van der Waals surface area (Å²) in [7, 11) is 1.68. The smallest absolute Gasteiger partial charge is 0.225 e. The van der Waals surface area contributed by atoms with Crippen LogP contribution in [0.2, 0.25) is 0 Å². The standard InChI is InChI=1S/C23H31N3O4/c1-29-16-2-3-17-18(12-16)25-21-19(13-27)24-14-23(20(17)21)6-8-26(9-7-23)22(28)15-4-10-30-11-5-15/h2-3,12,15,19,24-25,27H,4-11,13-14H2,1H3/t19-/m0/s1. The van der Waals surface area contributed by atoms with Gasteiger partial charge in [-0.2, -0.15) is 0 Å². The Kier molecular flexibility index (Phi) is 5.21. The van der Waals surface area contributed by atoms with Gasteiger partial charge in [-0.3, -0.25) is 4.79 Å². The summed E-state index contributed by atoms with van der Waals surface area (Å²) in [6, 6.07) is 6.07. The molecule has 0 aliphatic carbocycles. The maximum Gasteiger partial charge on any atom is 0.225 e. The van der Waals surface area contributed by atoms with Crippen LogP contribution in [0.25, 0.3) is 10.9 Å². The predicted molar refractivity (Wildman–Crippen MR) is 114 cm³/mol. The number of carbonyl (C=O) groups is 1. The largest absolute Gasteiger partial charge is 0.497 e. The van der Waals surface area contributed by atoms with Gasteiger partial charge in [-0.05, 0) is 43.4 Å². The van der Waals surface area contributed by atoms with Crippen molar-refractivity contribution in [2.45, 2.75) is 37.1 Å². The topological polar surface area (TPSA) is 86.8 Å². The van der Waals surface area contributed by atoms with Crippen LogP contribution in [0.1, 0.15) is 43.0 Å². The van der Waals surface area contributed by atoms with Crippen molar-refractivity contribution in [1.82, 2.24) is 15.2 Å². The lowest BCUT2D eigenvalue weighted by Crippen LogP contribution is -2.54. The highest BCUT2D eigenvalue weighted by atomic mass is 16.5. The summed E-state index contributed by atoms with van der Waals surface area (Å²) in [4.78, 5) is 18.6. The Morgan fingerprint density at radius 1 is 1.30 bits per heavy atom. The van der Waals surface area contributed by atoms with Gasteiger partial charge in [0.05, 0.1) is 19.8 Å². The number of ether oxygens (including phenoxy) is 2. The van der Waals surface area contributed by atoms with E-state index in [2.05, 4.69) is 21.3 Å². The number of aromatic nitrogens is 1. The number of H-pyrrole nitrogens is 1. The number of methoxy groups -OCH3 is 1. The number of likely N-dealkylation sites (tertiary alicyclic amines) is 1. The van der Waals surface area contributed by atoms with E-state index in [0.717, 1.165) is 62.3 Å². The van der Waals surface area contributed by atoms with Crippen molar-refractivity contribution in [3.05, 3.63) is 29.5 Å². The monoisotopic (exact) mass is 413 g/mol. The first-order valence-corrected chi connectivity index (χ1v) is 11.1. The molecule has 5 rings (SSSR count). The van der Waals surface area contributed by atoms with E-state index in [-0.39, 0.29) is 24.0 Å². The van der Waals surface area contributed by atoms with E-state index < -0.39 is 0 Å². The Morgan fingerprint density at radius 2 is 2.07 bits per heavy atom. The molecule has 162 valence electrons. The van der Waals surface area contributed by atoms with Gasteiger partial charge in [0, 0.05) is 66.8 Å². The lowest BCUT2D eigenvalue weighted by molar-refractivity contribution is -0.140. The minimum atomic E-state index is -0.0917. The summed E-state index contributed by atoms with van der Waals surface area (Å²) in [5, 5.41) is 14.7. The summed E-state index contributed by atoms with van der Waals surface area (Å²) in [5.41, 5.74) is 3.41. The van der Waals surface area contributed by atoms with E-state index >= 15 is 0 Å². The summed E-state index contributed by atoms with van der Waals surface area (Å²) < 4.78 is 10.8. The molecule has 1 spiro atoms. The zero-order valence-electron chi connectivity index (χ0n) is 17.6. The van der Waals surface area contributed by atoms with Gasteiger partial charge in [-0.15, -0.1) is 0 Å². The molecule has 0 unspecified atom stereocenters. The number of rotatable bonds is 3. The van der Waals surface area contributed by atoms with Crippen LogP contribution in [0.15, 0.2) is 18.2 Å². The molecule has 1 amide bonds. The molecule has 1 aromatic carbocycles. The number of hydrogen-bond acceptors (Lipinski definition) is 5. The molecular formula is C23H31N3O4. The number of nitrogens with zero attached hydrogens (tertiary/aromatic N) is 1. The molecule has 0 saturated carbocycles. The second kappa shape index (κ2) is 7.87. The molecule has 7 heteroatoms. The number of fused-ring (bicyclic) bond motifs is 4. The Hall–Kier alpha value is -2.09. The molecule has 3 aliphatic heterocycles. The Bertz CT molecular complexity index is 926. The fraction of sp³-hybridized carbons (Fsp3) is 0.609. The molecule has 2 aromatic rings. The quantitative estimate of drug-likeness (QED) is 0.717. The fourth-order valence-corrected chi connectivity index (χ4v) is 5.61. The average molecular weight is 414 g/mol. The third kappa shape index (κ3) is 3.20. The molecule has 2 fully saturated rings. The molecule has 1 atom stereocenters. The van der Waals surface area contributed by atoms with Crippen molar-refractivity contribution in [2.75, 3.05) is 46.6 Å². The lowest BCUT2D eigenvalue weighted by atomic mass is 9.69. The number of aliphatic hydroxyl groups excluding tert-OH is 1. The highest BCUT2D eigenvalue weighted by Crippen LogP contribution is 2.46. The van der Waals surface area contributed by atoms with Crippen LogP contribution in [-0.2, 0) is 14.9 Å². The van der Waals surface area contributed by atoms with Crippen molar-refractivity contribution in [3.8, 4) is 5.75 Å². The third-order valence-corrected chi connectivity index (χ3v) is 7.39. The van der Waals surface area contributed by atoms with E-state index in [1.807, 2.05) is 12.1 Å². The maximum atomic E-state index is 13.0. The van der Waals surface area contributed by atoms with Crippen molar-refractivity contribution in [1.29, 1.82) is 0 Å². The third-order valence-electron chi connectivity index (χ3n) is 7.39. The van der Waals surface area contributed by atoms with Gasteiger partial charge >= 0.3 is 0 Å². The van der Waals surface area contributed by atoms with E-state index in [1.165, 1.54) is 10.9 Å². The molecule has 7 nitrogen and oxygen atoms in total. The number of carbonyl (C=O) groups excluding carboxylic acids is 1. The number of hydrogen-bond donors (Lipinski definition) is 3. The highest BCUT2D eigenvalue weighted by molar-refractivity contribution is 5.88. The van der Waals surface area contributed by atoms with Crippen LogP contribution >= 0.6 is 0 Å². The van der Waals surface area contributed by atoms with Crippen molar-refractivity contribution in [3.63, 3.8) is 0 Å². The zero-order valence-corrected chi connectivity index (χ0v) is 17.6. The first kappa shape index (κ1) is 19.8. The highest BCUT2D eigenvalue weighted by Gasteiger charge is 2.45. The number of piperidine rings is 1. The van der Waals surface area contributed by atoms with Gasteiger partial charge in [0.2, 0.25) is 5.91 Å². The minimum Gasteiger partial charge on any atom is -0.497 e. The lowest BCUT2D eigenvalue weighted by Gasteiger charge is -2.47. The first-order chi connectivity index (χ1) is 14.6. The van der Waals surface area contributed by atoms with E-state index in [0.29, 0.717) is 19.1 Å². The van der Waals surface area contributed by atoms with E-state index in [1.54, 1.807) is 7.11 Å². The normalized spacial score (nSPS) is 24.2. The van der Waals surface area contributed by atoms with Gasteiger partial charge in [0.25, 0.3) is 0 Å². The van der Waals surface area contributed by atoms with Crippen LogP contribution < -0.4 is 10.1 Å². The van der Waals surface area contributed by atoms with Gasteiger partial charge in [-0.1, -0.05) is 0 Å². The predicted octanol–water partition coefficient (Wildman–Crippen LogP) is 2.10. The SMILES string of the molecule is COc1ccc2c3c([nH]c2c1)[C@H](CO)NCC31CCN(C(=O)C2CCOCC2)CC1. The van der Waals surface area contributed by atoms with Gasteiger partial charge < -0.3 is 29.8 Å². The van der Waals surface area contributed by atoms with Gasteiger partial charge in [0.15, 0.2) is 0 Å². The minimum absolute atomic E-state index is 0.0275. The molecule has 4 heterocycles. The molecular weight excluding hydrogens is 382 g/mol. The molecule has 30 heavy (non-hydrogen) atoms. The van der Waals surface area contributed by atoms with Crippen LogP contribution in [0.5, 0.6) is 5.75 Å². The first-order valence-electron chi connectivity index (χ1n) is 11.1. The number of nitrogens with one attached hydrogen (secondary N) is 2. The van der Waals surface area contributed by atoms with Gasteiger partial charge in [0.1, 0.15) is 5.75 Å². The summed E-state index contributed by atoms with van der Waals surface area (Å²) in [5.74, 6) is 1.24. The number of aromatic amines is 1. The Balaban J connectivity index is 1.44. The van der Waals surface area contributed by atoms with Crippen molar-refractivity contribution < 1.29 is 19.4 Å². The zero-order chi connectivity index (χ0) is 20.7.